The number of aromatic nitrogens is 2. The first-order valence-corrected chi connectivity index (χ1v) is 5.07. The topological polar surface area (TPSA) is 84.2 Å². The third-order valence-corrected chi connectivity index (χ3v) is 2.71. The van der Waals surface area contributed by atoms with Crippen molar-refractivity contribution >= 4 is 11.4 Å². The van der Waals surface area contributed by atoms with Gasteiger partial charge in [0.25, 0.3) is 5.69 Å². The number of hydrogen-bond donors (Lipinski definition) is 1. The van der Waals surface area contributed by atoms with E-state index in [0.717, 1.165) is 11.1 Å². The Labute approximate surface area is 96.2 Å². The fraction of sp³-hybridized carbons (Fsp3) is 0.0909. The Kier molecular flexibility index (Phi) is 2.01. The second kappa shape index (κ2) is 3.51. The molecule has 2 heterocycles. The zero-order valence-electron chi connectivity index (χ0n) is 8.75. The van der Waals surface area contributed by atoms with Crippen LogP contribution in [0, 0.1) is 10.1 Å². The van der Waals surface area contributed by atoms with Gasteiger partial charge in [-0.25, -0.2) is 4.98 Å². The lowest BCUT2D eigenvalue weighted by molar-refractivity contribution is -0.384. The normalized spacial score (nSPS) is 13.3. The summed E-state index contributed by atoms with van der Waals surface area (Å²) < 4.78 is 0. The highest BCUT2D eigenvalue weighted by atomic mass is 16.6. The van der Waals surface area contributed by atoms with E-state index >= 15 is 0 Å². The SMILES string of the molecule is O=[N+]([O-])c1ccc2c(c1)C(c1c[nH]cn1)=NC2. The molecule has 0 atom stereocenters. The van der Waals surface area contributed by atoms with Crippen molar-refractivity contribution in [2.24, 2.45) is 4.99 Å². The number of nitro groups is 1. The van der Waals surface area contributed by atoms with Gasteiger partial charge in [0.15, 0.2) is 0 Å². The van der Waals surface area contributed by atoms with Gasteiger partial charge in [0, 0.05) is 23.9 Å². The maximum absolute atomic E-state index is 10.7. The third-order valence-electron chi connectivity index (χ3n) is 2.71. The average molecular weight is 228 g/mol. The first-order valence-electron chi connectivity index (χ1n) is 5.07. The Hall–Kier alpha value is -2.50. The van der Waals surface area contributed by atoms with Gasteiger partial charge in [0.05, 0.1) is 23.5 Å². The Bertz CT molecular complexity index is 616. The molecule has 3 rings (SSSR count). The summed E-state index contributed by atoms with van der Waals surface area (Å²) in [4.78, 5) is 21.7. The third kappa shape index (κ3) is 1.50. The molecule has 0 saturated carbocycles. The molecule has 1 aliphatic heterocycles. The first kappa shape index (κ1) is 9.71. The maximum atomic E-state index is 10.7. The number of nitrogens with one attached hydrogen (secondary N) is 1. The Morgan fingerprint density at radius 2 is 2.29 bits per heavy atom. The summed E-state index contributed by atoms with van der Waals surface area (Å²) in [6.45, 7) is 0.551. The molecule has 0 bridgehead atoms. The Balaban J connectivity index is 2.11. The van der Waals surface area contributed by atoms with Crippen LogP contribution >= 0.6 is 0 Å². The molecular formula is C11H8N4O2. The molecule has 1 aromatic heterocycles. The molecule has 0 spiro atoms. The molecule has 1 aromatic carbocycles. The summed E-state index contributed by atoms with van der Waals surface area (Å²) in [6.07, 6.45) is 3.29. The molecule has 84 valence electrons. The molecule has 0 unspecified atom stereocenters. The van der Waals surface area contributed by atoms with E-state index in [1.807, 2.05) is 0 Å². The Morgan fingerprint density at radius 1 is 1.41 bits per heavy atom. The number of benzene rings is 1. The van der Waals surface area contributed by atoms with Crippen LogP contribution in [0.25, 0.3) is 0 Å². The minimum Gasteiger partial charge on any atom is -0.351 e. The molecule has 17 heavy (non-hydrogen) atoms. The number of nitro benzene ring substituents is 1. The summed E-state index contributed by atoms with van der Waals surface area (Å²) >= 11 is 0. The molecular weight excluding hydrogens is 220 g/mol. The van der Waals surface area contributed by atoms with Gasteiger partial charge in [-0.3, -0.25) is 15.1 Å². The van der Waals surface area contributed by atoms with Gasteiger partial charge >= 0.3 is 0 Å². The predicted octanol–water partition coefficient (Wildman–Crippen LogP) is 1.67. The number of non-ortho nitro benzene ring substituents is 1. The smallest absolute Gasteiger partial charge is 0.270 e. The number of aliphatic imine (C=N–C) groups is 1. The summed E-state index contributed by atoms with van der Waals surface area (Å²) in [6, 6.07) is 4.80. The summed E-state index contributed by atoms with van der Waals surface area (Å²) in [7, 11) is 0. The van der Waals surface area contributed by atoms with Crippen LogP contribution in [0.4, 0.5) is 5.69 Å². The summed E-state index contributed by atoms with van der Waals surface area (Å²) in [5.41, 5.74) is 3.29. The van der Waals surface area contributed by atoms with E-state index in [2.05, 4.69) is 15.0 Å². The average Bonchev–Trinajstić information content (AvgIpc) is 2.96. The van der Waals surface area contributed by atoms with Crippen LogP contribution in [0.2, 0.25) is 0 Å². The Morgan fingerprint density at radius 3 is 3.00 bits per heavy atom. The molecule has 0 fully saturated rings. The van der Waals surface area contributed by atoms with E-state index in [4.69, 9.17) is 0 Å². The zero-order chi connectivity index (χ0) is 11.8. The van der Waals surface area contributed by atoms with Crippen LogP contribution < -0.4 is 0 Å². The second-order valence-corrected chi connectivity index (χ2v) is 3.72. The van der Waals surface area contributed by atoms with Gasteiger partial charge in [-0.2, -0.15) is 0 Å². The van der Waals surface area contributed by atoms with Gasteiger partial charge in [-0.05, 0) is 11.6 Å². The number of aromatic amines is 1. The molecule has 2 aromatic rings. The highest BCUT2D eigenvalue weighted by Gasteiger charge is 2.21. The van der Waals surface area contributed by atoms with Crippen molar-refractivity contribution in [1.82, 2.24) is 9.97 Å². The predicted molar refractivity (Wildman–Crippen MR) is 61.0 cm³/mol. The van der Waals surface area contributed by atoms with Gasteiger partial charge in [0.2, 0.25) is 0 Å². The van der Waals surface area contributed by atoms with Crippen molar-refractivity contribution in [3.05, 3.63) is 57.7 Å². The summed E-state index contributed by atoms with van der Waals surface area (Å²) in [5, 5.41) is 10.7. The van der Waals surface area contributed by atoms with Gasteiger partial charge in [-0.1, -0.05) is 0 Å². The van der Waals surface area contributed by atoms with E-state index < -0.39 is 4.92 Å². The lowest BCUT2D eigenvalue weighted by Gasteiger charge is -2.00. The van der Waals surface area contributed by atoms with E-state index in [1.165, 1.54) is 6.07 Å². The highest BCUT2D eigenvalue weighted by Crippen LogP contribution is 2.26. The number of rotatable bonds is 2. The van der Waals surface area contributed by atoms with Crippen molar-refractivity contribution in [3.8, 4) is 0 Å². The minimum atomic E-state index is -0.402. The summed E-state index contributed by atoms with van der Waals surface area (Å²) in [5.74, 6) is 0. The molecule has 1 aliphatic rings. The molecule has 0 amide bonds. The zero-order valence-corrected chi connectivity index (χ0v) is 8.75. The minimum absolute atomic E-state index is 0.0777. The molecule has 0 aliphatic carbocycles. The van der Waals surface area contributed by atoms with Crippen LogP contribution in [0.1, 0.15) is 16.8 Å². The monoisotopic (exact) mass is 228 g/mol. The first-order chi connectivity index (χ1) is 8.25. The van der Waals surface area contributed by atoms with E-state index in [0.29, 0.717) is 18.0 Å². The number of hydrogen-bond acceptors (Lipinski definition) is 4. The molecule has 6 heteroatoms. The molecule has 1 N–H and O–H groups in total. The second-order valence-electron chi connectivity index (χ2n) is 3.72. The van der Waals surface area contributed by atoms with Crippen LogP contribution in [0.5, 0.6) is 0 Å². The number of imidazole rings is 1. The van der Waals surface area contributed by atoms with Crippen LogP contribution in [0.15, 0.2) is 35.7 Å². The van der Waals surface area contributed by atoms with E-state index in [9.17, 15) is 10.1 Å². The fourth-order valence-corrected chi connectivity index (χ4v) is 1.89. The van der Waals surface area contributed by atoms with Crippen molar-refractivity contribution < 1.29 is 4.92 Å². The molecule has 0 saturated heterocycles. The maximum Gasteiger partial charge on any atom is 0.270 e. The molecule has 0 radical (unpaired) electrons. The van der Waals surface area contributed by atoms with Gasteiger partial charge in [0.1, 0.15) is 5.69 Å². The van der Waals surface area contributed by atoms with Crippen LogP contribution in [-0.4, -0.2) is 20.6 Å². The lowest BCUT2D eigenvalue weighted by Crippen LogP contribution is -2.02. The largest absolute Gasteiger partial charge is 0.351 e. The standard InChI is InChI=1S/C11H8N4O2/c16-15(17)8-2-1-7-4-13-11(9(7)3-8)10-5-12-6-14-10/h1-3,5-6H,4H2,(H,12,14). The quantitative estimate of drug-likeness (QED) is 0.626. The fourth-order valence-electron chi connectivity index (χ4n) is 1.89. The van der Waals surface area contributed by atoms with Crippen LogP contribution in [-0.2, 0) is 6.54 Å². The van der Waals surface area contributed by atoms with Crippen molar-refractivity contribution in [3.63, 3.8) is 0 Å². The van der Waals surface area contributed by atoms with E-state index in [-0.39, 0.29) is 5.69 Å². The van der Waals surface area contributed by atoms with Crippen LogP contribution in [0.3, 0.4) is 0 Å². The number of fused-ring (bicyclic) bond motifs is 1. The van der Waals surface area contributed by atoms with E-state index in [1.54, 1.807) is 24.7 Å². The van der Waals surface area contributed by atoms with Gasteiger partial charge in [-0.15, -0.1) is 0 Å². The van der Waals surface area contributed by atoms with Crippen molar-refractivity contribution in [1.29, 1.82) is 0 Å². The lowest BCUT2D eigenvalue weighted by atomic mass is 10.0. The van der Waals surface area contributed by atoms with Crippen molar-refractivity contribution in [2.75, 3.05) is 0 Å². The van der Waals surface area contributed by atoms with Gasteiger partial charge < -0.3 is 4.98 Å². The number of nitrogens with zero attached hydrogens (tertiary/aromatic N) is 3. The molecule has 6 nitrogen and oxygen atoms in total. The highest BCUT2D eigenvalue weighted by molar-refractivity contribution is 6.14. The van der Waals surface area contributed by atoms with Crippen molar-refractivity contribution in [2.45, 2.75) is 6.54 Å². The number of H-pyrrole nitrogens is 1.